The number of anilines is 2. The molecule has 4 unspecified atom stereocenters. The van der Waals surface area contributed by atoms with Crippen molar-refractivity contribution in [2.75, 3.05) is 16.8 Å². The predicted octanol–water partition coefficient (Wildman–Crippen LogP) is 7.93. The summed E-state index contributed by atoms with van der Waals surface area (Å²) in [4.78, 5) is 28.4. The van der Waals surface area contributed by atoms with Gasteiger partial charge in [-0.25, -0.2) is 24.4 Å². The molecule has 4 aromatic carbocycles. The Morgan fingerprint density at radius 3 is 2.32 bits per heavy atom. The molecule has 4 atom stereocenters. The molecule has 16 heteroatoms. The highest BCUT2D eigenvalue weighted by Gasteiger charge is 2.54. The van der Waals surface area contributed by atoms with E-state index in [9.17, 15) is 44.7 Å². The topological polar surface area (TPSA) is 85.5 Å². The molecule has 3 heterocycles. The maximum absolute atomic E-state index is 14.7. The van der Waals surface area contributed by atoms with Crippen LogP contribution >= 0.6 is 11.6 Å². The molecule has 3 aliphatic rings. The zero-order valence-electron chi connectivity index (χ0n) is 25.3. The fourth-order valence-corrected chi connectivity index (χ4v) is 7.25. The minimum atomic E-state index is -5.00. The van der Waals surface area contributed by atoms with E-state index in [0.29, 0.717) is 23.3 Å². The number of nitrogens with zero attached hydrogens (tertiary/aromatic N) is 1. The lowest BCUT2D eigenvalue weighted by molar-refractivity contribution is -0.156. The Balaban J connectivity index is 1.47. The molecule has 0 aliphatic carbocycles. The summed E-state index contributed by atoms with van der Waals surface area (Å²) in [5.41, 5.74) is 3.91. The molecule has 3 aliphatic heterocycles. The largest absolute Gasteiger partial charge is 0.416 e. The third kappa shape index (κ3) is 5.92. The number of alkyl halides is 6. The van der Waals surface area contributed by atoms with Crippen LogP contribution < -0.4 is 26.4 Å². The number of benzene rings is 4. The lowest BCUT2D eigenvalue weighted by atomic mass is 9.78. The molecule has 0 radical (unpaired) electrons. The molecule has 7 nitrogen and oxygen atoms in total. The standard InChI is InChI=1S/C34H24ClF8N5O2/c35-23-7-6-18(36)13-22(23)28-26-24(44-31(49)16-10-17(33(38,39)40)12-19(37)11-16)14-21(20-8-9-48(29(20)26)32(50)45-28)25-27(15-4-2-1-3-5-15)46-47-30(25)34(41,42)43/h1-7,10-14,25,27-28,30,46-47H,8-9H2,(H,44,49)(H,45,50). The van der Waals surface area contributed by atoms with Gasteiger partial charge in [0.15, 0.2) is 0 Å². The zero-order chi connectivity index (χ0) is 35.7. The number of hydrogen-bond acceptors (Lipinski definition) is 4. The van der Waals surface area contributed by atoms with E-state index in [4.69, 9.17) is 11.6 Å². The van der Waals surface area contributed by atoms with E-state index in [1.54, 1.807) is 30.3 Å². The van der Waals surface area contributed by atoms with Crippen molar-refractivity contribution in [1.29, 1.82) is 0 Å². The number of urea groups is 1. The third-order valence-electron chi connectivity index (χ3n) is 9.12. The van der Waals surface area contributed by atoms with Crippen molar-refractivity contribution in [2.45, 2.75) is 42.8 Å². The molecule has 4 aromatic rings. The summed E-state index contributed by atoms with van der Waals surface area (Å²) in [6.07, 6.45) is -9.70. The van der Waals surface area contributed by atoms with Gasteiger partial charge in [-0.2, -0.15) is 26.3 Å². The van der Waals surface area contributed by atoms with Crippen LogP contribution in [0.1, 0.15) is 61.7 Å². The van der Waals surface area contributed by atoms with E-state index in [2.05, 4.69) is 21.5 Å². The van der Waals surface area contributed by atoms with Crippen LogP contribution in [0.25, 0.3) is 0 Å². The monoisotopic (exact) mass is 721 g/mol. The van der Waals surface area contributed by atoms with Crippen LogP contribution in [-0.4, -0.2) is 30.7 Å². The second-order valence-corrected chi connectivity index (χ2v) is 12.5. The summed E-state index contributed by atoms with van der Waals surface area (Å²) in [6.45, 7) is 0.0290. The van der Waals surface area contributed by atoms with Gasteiger partial charge in [-0.05, 0) is 65.6 Å². The SMILES string of the molecule is O=C(Nc1cc(C2C(c3ccccc3)NNC2C(F)(F)F)c2c3c1C(c1cc(F)ccc1Cl)NC(=O)N3CC2)c1cc(F)cc(C(F)(F)F)c1. The van der Waals surface area contributed by atoms with Gasteiger partial charge < -0.3 is 10.6 Å². The lowest BCUT2D eigenvalue weighted by Gasteiger charge is -2.36. The number of hydrazine groups is 1. The van der Waals surface area contributed by atoms with Gasteiger partial charge in [-0.1, -0.05) is 41.9 Å². The summed E-state index contributed by atoms with van der Waals surface area (Å²) in [5.74, 6) is -4.70. The predicted molar refractivity (Wildman–Crippen MR) is 167 cm³/mol. The first-order valence-corrected chi connectivity index (χ1v) is 15.5. The summed E-state index contributed by atoms with van der Waals surface area (Å²) in [6, 6.07) is 9.05. The number of halogens is 9. The molecule has 3 amide bonds. The van der Waals surface area contributed by atoms with Gasteiger partial charge in [0.1, 0.15) is 17.7 Å². The van der Waals surface area contributed by atoms with Gasteiger partial charge in [0.25, 0.3) is 5.91 Å². The van der Waals surface area contributed by atoms with Crippen LogP contribution in [0, 0.1) is 11.6 Å². The van der Waals surface area contributed by atoms with Crippen molar-refractivity contribution in [3.63, 3.8) is 0 Å². The van der Waals surface area contributed by atoms with Crippen LogP contribution in [0.5, 0.6) is 0 Å². The van der Waals surface area contributed by atoms with E-state index in [1.807, 2.05) is 0 Å². The highest BCUT2D eigenvalue weighted by atomic mass is 35.5. The Bertz CT molecular complexity index is 2020. The molecule has 7 rings (SSSR count). The fourth-order valence-electron chi connectivity index (χ4n) is 7.02. The van der Waals surface area contributed by atoms with Crippen molar-refractivity contribution in [2.24, 2.45) is 0 Å². The number of nitrogens with one attached hydrogen (secondary N) is 4. The van der Waals surface area contributed by atoms with E-state index >= 15 is 0 Å². The molecule has 1 saturated heterocycles. The normalized spacial score (nSPS) is 21.6. The van der Waals surface area contributed by atoms with Crippen molar-refractivity contribution in [1.82, 2.24) is 16.2 Å². The average molecular weight is 722 g/mol. The summed E-state index contributed by atoms with van der Waals surface area (Å²) < 4.78 is 114. The van der Waals surface area contributed by atoms with Crippen molar-refractivity contribution < 1.29 is 44.7 Å². The van der Waals surface area contributed by atoms with E-state index in [-0.39, 0.29) is 52.1 Å². The first-order chi connectivity index (χ1) is 23.6. The summed E-state index contributed by atoms with van der Waals surface area (Å²) in [5, 5.41) is 5.19. The Labute approximate surface area is 283 Å². The molecule has 0 bridgehead atoms. The van der Waals surface area contributed by atoms with Crippen LogP contribution in [0.4, 0.5) is 51.3 Å². The van der Waals surface area contributed by atoms with E-state index in [0.717, 1.165) is 12.1 Å². The second kappa shape index (κ2) is 12.2. The molecular formula is C34H24ClF8N5O2. The molecule has 1 fully saturated rings. The highest BCUT2D eigenvalue weighted by Crippen LogP contribution is 2.53. The summed E-state index contributed by atoms with van der Waals surface area (Å²) >= 11 is 6.45. The molecule has 0 spiro atoms. The Kier molecular flexibility index (Phi) is 8.27. The van der Waals surface area contributed by atoms with Gasteiger partial charge in [0, 0.05) is 39.9 Å². The fraction of sp³-hybridized carbons (Fsp3) is 0.235. The smallest absolute Gasteiger partial charge is 0.327 e. The number of carbonyl (C=O) groups is 2. The van der Waals surface area contributed by atoms with Gasteiger partial charge in [-0.3, -0.25) is 9.69 Å². The zero-order valence-corrected chi connectivity index (χ0v) is 26.1. The Hall–Kier alpha value is -4.73. The Morgan fingerprint density at radius 1 is 0.880 bits per heavy atom. The second-order valence-electron chi connectivity index (χ2n) is 12.1. The van der Waals surface area contributed by atoms with Crippen molar-refractivity contribution in [3.8, 4) is 0 Å². The summed E-state index contributed by atoms with van der Waals surface area (Å²) in [7, 11) is 0. The number of rotatable bonds is 5. The molecule has 50 heavy (non-hydrogen) atoms. The number of amides is 3. The quantitative estimate of drug-likeness (QED) is 0.158. The van der Waals surface area contributed by atoms with E-state index < -0.39 is 71.1 Å². The Morgan fingerprint density at radius 2 is 1.62 bits per heavy atom. The van der Waals surface area contributed by atoms with Crippen molar-refractivity contribution in [3.05, 3.63) is 128 Å². The van der Waals surface area contributed by atoms with Crippen LogP contribution in [0.15, 0.2) is 72.8 Å². The molecule has 260 valence electrons. The van der Waals surface area contributed by atoms with Gasteiger partial charge in [-0.15, -0.1) is 0 Å². The van der Waals surface area contributed by atoms with Crippen LogP contribution in [0.3, 0.4) is 0 Å². The van der Waals surface area contributed by atoms with Gasteiger partial charge in [0.2, 0.25) is 0 Å². The molecule has 0 aromatic heterocycles. The van der Waals surface area contributed by atoms with E-state index in [1.165, 1.54) is 17.0 Å². The van der Waals surface area contributed by atoms with Gasteiger partial charge >= 0.3 is 18.4 Å². The minimum absolute atomic E-state index is 0.00340. The first-order valence-electron chi connectivity index (χ1n) is 15.2. The lowest BCUT2D eigenvalue weighted by Crippen LogP contribution is -2.46. The van der Waals surface area contributed by atoms with Crippen LogP contribution in [-0.2, 0) is 12.6 Å². The number of hydrogen-bond donors (Lipinski definition) is 4. The van der Waals surface area contributed by atoms with Crippen LogP contribution in [0.2, 0.25) is 5.02 Å². The minimum Gasteiger partial charge on any atom is -0.327 e. The first kappa shape index (κ1) is 33.8. The van der Waals surface area contributed by atoms with Crippen molar-refractivity contribution >= 4 is 34.9 Å². The average Bonchev–Trinajstić information content (AvgIpc) is 3.71. The molecule has 0 saturated carbocycles. The number of carbonyl (C=O) groups excluding carboxylic acids is 2. The maximum atomic E-state index is 14.7. The maximum Gasteiger partial charge on any atom is 0.416 e. The molecular weight excluding hydrogens is 698 g/mol. The third-order valence-corrected chi connectivity index (χ3v) is 9.47. The highest BCUT2D eigenvalue weighted by molar-refractivity contribution is 6.31. The van der Waals surface area contributed by atoms with Gasteiger partial charge in [0.05, 0.1) is 23.3 Å². The molecule has 4 N–H and O–H groups in total.